The normalized spacial score (nSPS) is 20.7. The van der Waals surface area contributed by atoms with Crippen LogP contribution in [0.3, 0.4) is 0 Å². The zero-order chi connectivity index (χ0) is 14.4. The van der Waals surface area contributed by atoms with Crippen LogP contribution in [0.1, 0.15) is 29.8 Å². The van der Waals surface area contributed by atoms with Gasteiger partial charge in [0.25, 0.3) is 0 Å². The van der Waals surface area contributed by atoms with Crippen LogP contribution in [0.4, 0.5) is 5.82 Å². The van der Waals surface area contributed by atoms with Crippen LogP contribution in [0.15, 0.2) is 18.3 Å². The summed E-state index contributed by atoms with van der Waals surface area (Å²) in [7, 11) is 0. The summed E-state index contributed by atoms with van der Waals surface area (Å²) in [4.78, 5) is 17.7. The Labute approximate surface area is 121 Å². The molecule has 0 atom stereocenters. The van der Waals surface area contributed by atoms with Crippen LogP contribution in [0, 0.1) is 0 Å². The molecule has 0 amide bonds. The molecule has 0 unspecified atom stereocenters. The van der Waals surface area contributed by atoms with E-state index in [2.05, 4.69) is 15.0 Å². The molecule has 1 aliphatic heterocycles. The molecule has 1 N–H and O–H groups in total. The number of fused-ring (bicyclic) bond motifs is 1. The Morgan fingerprint density at radius 2 is 2.29 bits per heavy atom. The number of carboxylic acids is 1. The number of carbonyl (C=O) groups is 1. The highest BCUT2D eigenvalue weighted by molar-refractivity contribution is 5.86. The monoisotopic (exact) mass is 288 g/mol. The van der Waals surface area contributed by atoms with Gasteiger partial charge in [-0.2, -0.15) is 5.10 Å². The average Bonchev–Trinajstić information content (AvgIpc) is 2.89. The largest absolute Gasteiger partial charge is 0.476 e. The molecule has 0 bridgehead atoms. The first kappa shape index (κ1) is 12.6. The summed E-state index contributed by atoms with van der Waals surface area (Å²) >= 11 is 0. The van der Waals surface area contributed by atoms with E-state index >= 15 is 0 Å². The standard InChI is InChI=1S/C14H16N4O3/c19-13(20)10-8-12-15-11(2-5-18(12)16-10)17-6-7-21-14(9-17)3-1-4-14/h2,5,8H,1,3-4,6-7,9H2,(H,19,20). The zero-order valence-electron chi connectivity index (χ0n) is 11.5. The number of anilines is 1. The number of aromatic nitrogens is 3. The number of hydrogen-bond acceptors (Lipinski definition) is 5. The quantitative estimate of drug-likeness (QED) is 0.894. The van der Waals surface area contributed by atoms with Crippen LogP contribution in [0.2, 0.25) is 0 Å². The van der Waals surface area contributed by atoms with Crippen molar-refractivity contribution >= 4 is 17.4 Å². The highest BCUT2D eigenvalue weighted by Gasteiger charge is 2.42. The van der Waals surface area contributed by atoms with E-state index in [0.717, 1.165) is 31.7 Å². The maximum atomic E-state index is 11.0. The van der Waals surface area contributed by atoms with Crippen LogP contribution in [0.25, 0.3) is 5.65 Å². The highest BCUT2D eigenvalue weighted by Crippen LogP contribution is 2.38. The second kappa shape index (κ2) is 4.42. The Balaban J connectivity index is 1.65. The summed E-state index contributed by atoms with van der Waals surface area (Å²) in [6.07, 6.45) is 5.21. The van der Waals surface area contributed by atoms with E-state index in [1.807, 2.05) is 6.07 Å². The van der Waals surface area contributed by atoms with E-state index in [1.165, 1.54) is 17.0 Å². The van der Waals surface area contributed by atoms with Crippen LogP contribution in [-0.4, -0.2) is 51.0 Å². The lowest BCUT2D eigenvalue weighted by Gasteiger charge is -2.48. The smallest absolute Gasteiger partial charge is 0.356 e. The number of carboxylic acid groups (broad SMARTS) is 1. The van der Waals surface area contributed by atoms with E-state index in [0.29, 0.717) is 12.3 Å². The molecular formula is C14H16N4O3. The molecule has 0 aromatic carbocycles. The summed E-state index contributed by atoms with van der Waals surface area (Å²) in [5.41, 5.74) is 0.578. The number of nitrogens with zero attached hydrogens (tertiary/aromatic N) is 4. The van der Waals surface area contributed by atoms with Crippen LogP contribution in [0.5, 0.6) is 0 Å². The maximum Gasteiger partial charge on any atom is 0.356 e. The van der Waals surface area contributed by atoms with Gasteiger partial charge in [-0.15, -0.1) is 0 Å². The van der Waals surface area contributed by atoms with Crippen molar-refractivity contribution in [3.63, 3.8) is 0 Å². The fourth-order valence-electron chi connectivity index (χ4n) is 3.06. The molecule has 0 radical (unpaired) electrons. The van der Waals surface area contributed by atoms with Gasteiger partial charge >= 0.3 is 5.97 Å². The number of hydrogen-bond donors (Lipinski definition) is 1. The molecule has 2 aliphatic rings. The molecule has 2 aromatic rings. The van der Waals surface area contributed by atoms with Crippen molar-refractivity contribution in [2.24, 2.45) is 0 Å². The lowest BCUT2D eigenvalue weighted by Crippen LogP contribution is -2.56. The van der Waals surface area contributed by atoms with Gasteiger partial charge in [0.05, 0.1) is 12.2 Å². The van der Waals surface area contributed by atoms with Gasteiger partial charge in [0.2, 0.25) is 0 Å². The molecule has 1 saturated carbocycles. The van der Waals surface area contributed by atoms with E-state index < -0.39 is 5.97 Å². The van der Waals surface area contributed by atoms with Gasteiger partial charge in [-0.3, -0.25) is 0 Å². The van der Waals surface area contributed by atoms with Crippen LogP contribution in [-0.2, 0) is 4.74 Å². The van der Waals surface area contributed by atoms with Crippen LogP contribution >= 0.6 is 0 Å². The third kappa shape index (κ3) is 2.04. The van der Waals surface area contributed by atoms with Gasteiger partial charge in [-0.05, 0) is 25.3 Å². The minimum Gasteiger partial charge on any atom is -0.476 e. The molecule has 1 aliphatic carbocycles. The lowest BCUT2D eigenvalue weighted by atomic mass is 9.79. The third-order valence-corrected chi connectivity index (χ3v) is 4.37. The summed E-state index contributed by atoms with van der Waals surface area (Å²) in [6, 6.07) is 3.37. The topological polar surface area (TPSA) is 80.0 Å². The Morgan fingerprint density at radius 1 is 1.43 bits per heavy atom. The van der Waals surface area contributed by atoms with Gasteiger partial charge in [-0.25, -0.2) is 14.3 Å². The first-order valence-corrected chi connectivity index (χ1v) is 7.14. The van der Waals surface area contributed by atoms with Gasteiger partial charge < -0.3 is 14.7 Å². The lowest BCUT2D eigenvalue weighted by molar-refractivity contribution is -0.106. The molecule has 110 valence electrons. The van der Waals surface area contributed by atoms with Crippen molar-refractivity contribution in [1.29, 1.82) is 0 Å². The van der Waals surface area contributed by atoms with Gasteiger partial charge in [0, 0.05) is 25.4 Å². The highest BCUT2D eigenvalue weighted by atomic mass is 16.5. The van der Waals surface area contributed by atoms with E-state index in [9.17, 15) is 4.79 Å². The van der Waals surface area contributed by atoms with Gasteiger partial charge in [-0.1, -0.05) is 0 Å². The molecule has 1 spiro atoms. The molecule has 7 heteroatoms. The predicted molar refractivity (Wildman–Crippen MR) is 74.7 cm³/mol. The molecule has 2 fully saturated rings. The number of aromatic carboxylic acids is 1. The fourth-order valence-corrected chi connectivity index (χ4v) is 3.06. The van der Waals surface area contributed by atoms with E-state index in [4.69, 9.17) is 9.84 Å². The number of morpholine rings is 1. The number of rotatable bonds is 2. The minimum atomic E-state index is -1.04. The van der Waals surface area contributed by atoms with Crippen molar-refractivity contribution in [3.8, 4) is 0 Å². The molecule has 1 saturated heterocycles. The van der Waals surface area contributed by atoms with Crippen molar-refractivity contribution in [3.05, 3.63) is 24.0 Å². The Kier molecular flexibility index (Phi) is 2.65. The first-order valence-electron chi connectivity index (χ1n) is 7.14. The van der Waals surface area contributed by atoms with E-state index in [-0.39, 0.29) is 11.3 Å². The summed E-state index contributed by atoms with van der Waals surface area (Å²) < 4.78 is 7.40. The maximum absolute atomic E-state index is 11.0. The number of ether oxygens (including phenoxy) is 1. The molecule has 4 rings (SSSR count). The Bertz CT molecular complexity index is 707. The Hall–Kier alpha value is -2.15. The van der Waals surface area contributed by atoms with Crippen LogP contribution < -0.4 is 4.90 Å². The fraction of sp³-hybridized carbons (Fsp3) is 0.500. The molecular weight excluding hydrogens is 272 g/mol. The van der Waals surface area contributed by atoms with Crippen molar-refractivity contribution in [2.75, 3.05) is 24.6 Å². The molecule has 7 nitrogen and oxygen atoms in total. The third-order valence-electron chi connectivity index (χ3n) is 4.37. The van der Waals surface area contributed by atoms with Gasteiger partial charge in [0.15, 0.2) is 11.3 Å². The molecule has 21 heavy (non-hydrogen) atoms. The summed E-state index contributed by atoms with van der Waals surface area (Å²) in [5, 5.41) is 12.9. The molecule has 3 heterocycles. The van der Waals surface area contributed by atoms with Crippen molar-refractivity contribution < 1.29 is 14.6 Å². The average molecular weight is 288 g/mol. The van der Waals surface area contributed by atoms with Crippen molar-refractivity contribution in [2.45, 2.75) is 24.9 Å². The molecule has 2 aromatic heterocycles. The van der Waals surface area contributed by atoms with Gasteiger partial charge in [0.1, 0.15) is 5.82 Å². The van der Waals surface area contributed by atoms with E-state index in [1.54, 1.807) is 6.20 Å². The SMILES string of the molecule is O=C(O)c1cc2nc(N3CCOC4(CCC4)C3)ccn2n1. The first-order chi connectivity index (χ1) is 10.2. The second-order valence-corrected chi connectivity index (χ2v) is 5.73. The predicted octanol–water partition coefficient (Wildman–Crippen LogP) is 1.19. The summed E-state index contributed by atoms with van der Waals surface area (Å²) in [5.74, 6) is -0.184. The Morgan fingerprint density at radius 3 is 3.00 bits per heavy atom. The minimum absolute atomic E-state index is 0.0112. The summed E-state index contributed by atoms with van der Waals surface area (Å²) in [6.45, 7) is 2.38. The second-order valence-electron chi connectivity index (χ2n) is 5.73. The van der Waals surface area contributed by atoms with Crippen molar-refractivity contribution in [1.82, 2.24) is 14.6 Å². The zero-order valence-corrected chi connectivity index (χ0v) is 11.5.